The molecule has 1 saturated heterocycles. The Balaban J connectivity index is 1.74. The summed E-state index contributed by atoms with van der Waals surface area (Å²) in [5, 5.41) is 2.50. The minimum atomic E-state index is -1.04. The maximum Gasteiger partial charge on any atom is 0.255 e. The second kappa shape index (κ2) is 7.42. The molecule has 0 unspecified atom stereocenters. The Morgan fingerprint density at radius 3 is 2.32 bits per heavy atom. The van der Waals surface area contributed by atoms with Gasteiger partial charge in [-0.3, -0.25) is 9.59 Å². The number of amides is 2. The summed E-state index contributed by atoms with van der Waals surface area (Å²) in [6.45, 7) is 1.45. The van der Waals surface area contributed by atoms with E-state index in [2.05, 4.69) is 5.32 Å². The van der Waals surface area contributed by atoms with Crippen LogP contribution >= 0.6 is 0 Å². The second-order valence-corrected chi connectivity index (χ2v) is 6.02. The van der Waals surface area contributed by atoms with Crippen LogP contribution in [0.3, 0.4) is 0 Å². The van der Waals surface area contributed by atoms with Crippen LogP contribution in [0.5, 0.6) is 0 Å². The van der Waals surface area contributed by atoms with E-state index in [1.807, 2.05) is 0 Å². The van der Waals surface area contributed by atoms with Crippen molar-refractivity contribution in [3.63, 3.8) is 0 Å². The number of nitrogens with one attached hydrogen (secondary N) is 1. The Labute approximate surface area is 144 Å². The zero-order valence-electron chi connectivity index (χ0n) is 13.6. The molecule has 0 radical (unpaired) electrons. The number of carbonyl (C=O) groups is 2. The van der Waals surface area contributed by atoms with Crippen molar-refractivity contribution in [2.75, 3.05) is 18.4 Å². The van der Waals surface area contributed by atoms with Crippen LogP contribution in [0.15, 0.2) is 42.5 Å². The molecule has 0 atom stereocenters. The van der Waals surface area contributed by atoms with Gasteiger partial charge in [0.2, 0.25) is 0 Å². The van der Waals surface area contributed by atoms with Crippen LogP contribution in [0, 0.1) is 11.6 Å². The van der Waals surface area contributed by atoms with E-state index in [-0.39, 0.29) is 17.2 Å². The number of likely N-dealkylation sites (tertiary alicyclic amines) is 1. The lowest BCUT2D eigenvalue weighted by Gasteiger charge is -2.26. The second-order valence-electron chi connectivity index (χ2n) is 6.02. The fourth-order valence-electron chi connectivity index (χ4n) is 2.85. The minimum Gasteiger partial charge on any atom is -0.339 e. The van der Waals surface area contributed by atoms with Gasteiger partial charge in [-0.15, -0.1) is 0 Å². The van der Waals surface area contributed by atoms with Gasteiger partial charge in [0.1, 0.15) is 0 Å². The van der Waals surface area contributed by atoms with Crippen molar-refractivity contribution in [1.29, 1.82) is 0 Å². The number of hydrogen-bond donors (Lipinski definition) is 1. The molecule has 2 aromatic carbocycles. The van der Waals surface area contributed by atoms with Gasteiger partial charge < -0.3 is 10.2 Å². The summed E-state index contributed by atoms with van der Waals surface area (Å²) in [5.41, 5.74) is 0.879. The van der Waals surface area contributed by atoms with E-state index in [1.54, 1.807) is 23.1 Å². The van der Waals surface area contributed by atoms with Gasteiger partial charge in [-0.2, -0.15) is 0 Å². The zero-order valence-corrected chi connectivity index (χ0v) is 13.6. The Morgan fingerprint density at radius 1 is 0.880 bits per heavy atom. The van der Waals surface area contributed by atoms with Crippen LogP contribution in [0.25, 0.3) is 0 Å². The maximum atomic E-state index is 13.2. The Kier molecular flexibility index (Phi) is 5.07. The average molecular weight is 344 g/mol. The first-order valence-electron chi connectivity index (χ1n) is 8.20. The largest absolute Gasteiger partial charge is 0.339 e. The fraction of sp³-hybridized carbons (Fsp3) is 0.263. The summed E-state index contributed by atoms with van der Waals surface area (Å²) >= 11 is 0. The molecule has 0 spiro atoms. The van der Waals surface area contributed by atoms with Crippen LogP contribution in [0.2, 0.25) is 0 Å². The third-order valence-electron chi connectivity index (χ3n) is 4.19. The first kappa shape index (κ1) is 17.1. The summed E-state index contributed by atoms with van der Waals surface area (Å²) < 4.78 is 26.2. The van der Waals surface area contributed by atoms with E-state index in [0.29, 0.717) is 5.56 Å². The molecule has 6 heteroatoms. The normalized spacial score (nSPS) is 14.2. The van der Waals surface area contributed by atoms with Gasteiger partial charge in [0.15, 0.2) is 11.6 Å². The molecule has 4 nitrogen and oxygen atoms in total. The molecule has 2 aromatic rings. The van der Waals surface area contributed by atoms with Gasteiger partial charge in [0, 0.05) is 36.0 Å². The molecule has 1 fully saturated rings. The van der Waals surface area contributed by atoms with E-state index in [9.17, 15) is 18.4 Å². The first-order chi connectivity index (χ1) is 12.0. The van der Waals surface area contributed by atoms with Crippen molar-refractivity contribution >= 4 is 17.5 Å². The summed E-state index contributed by atoms with van der Waals surface area (Å²) in [6.07, 6.45) is 3.10. The van der Waals surface area contributed by atoms with Gasteiger partial charge in [-0.25, -0.2) is 8.78 Å². The molecule has 0 saturated carbocycles. The average Bonchev–Trinajstić information content (AvgIpc) is 2.65. The lowest BCUT2D eigenvalue weighted by atomic mass is 10.1. The number of benzene rings is 2. The van der Waals surface area contributed by atoms with E-state index in [4.69, 9.17) is 0 Å². The van der Waals surface area contributed by atoms with Crippen molar-refractivity contribution < 1.29 is 18.4 Å². The predicted octanol–water partition coefficient (Wildman–Crippen LogP) is 3.84. The Morgan fingerprint density at radius 2 is 1.60 bits per heavy atom. The molecule has 0 aliphatic carbocycles. The van der Waals surface area contributed by atoms with Crippen LogP contribution in [-0.4, -0.2) is 29.8 Å². The van der Waals surface area contributed by atoms with E-state index < -0.39 is 17.5 Å². The molecule has 1 aliphatic heterocycles. The van der Waals surface area contributed by atoms with Crippen LogP contribution in [0.4, 0.5) is 14.5 Å². The third kappa shape index (κ3) is 4.02. The summed E-state index contributed by atoms with van der Waals surface area (Å²) in [4.78, 5) is 26.6. The third-order valence-corrected chi connectivity index (χ3v) is 4.19. The summed E-state index contributed by atoms with van der Waals surface area (Å²) in [7, 11) is 0. The zero-order chi connectivity index (χ0) is 17.8. The number of piperidine rings is 1. The molecular weight excluding hydrogens is 326 g/mol. The van der Waals surface area contributed by atoms with Crippen molar-refractivity contribution in [3.05, 3.63) is 65.2 Å². The van der Waals surface area contributed by atoms with Gasteiger partial charge in [0.25, 0.3) is 11.8 Å². The monoisotopic (exact) mass is 344 g/mol. The number of hydrogen-bond acceptors (Lipinski definition) is 2. The number of nitrogens with zero attached hydrogens (tertiary/aromatic N) is 1. The predicted molar refractivity (Wildman–Crippen MR) is 90.5 cm³/mol. The Bertz CT molecular complexity index is 802. The first-order valence-corrected chi connectivity index (χ1v) is 8.20. The van der Waals surface area contributed by atoms with Gasteiger partial charge in [-0.05, 0) is 49.6 Å². The molecule has 3 rings (SSSR count). The fourth-order valence-corrected chi connectivity index (χ4v) is 2.85. The lowest BCUT2D eigenvalue weighted by Crippen LogP contribution is -2.35. The molecule has 0 aromatic heterocycles. The highest BCUT2D eigenvalue weighted by molar-refractivity contribution is 6.06. The molecule has 2 amide bonds. The topological polar surface area (TPSA) is 49.4 Å². The number of rotatable bonds is 3. The van der Waals surface area contributed by atoms with Crippen molar-refractivity contribution in [2.24, 2.45) is 0 Å². The molecule has 0 bridgehead atoms. The molecule has 1 N–H and O–H groups in total. The quantitative estimate of drug-likeness (QED) is 0.920. The van der Waals surface area contributed by atoms with E-state index in [0.717, 1.165) is 44.5 Å². The van der Waals surface area contributed by atoms with Gasteiger partial charge in [0.05, 0.1) is 0 Å². The highest BCUT2D eigenvalue weighted by Gasteiger charge is 2.19. The number of anilines is 1. The van der Waals surface area contributed by atoms with Crippen molar-refractivity contribution in [1.82, 2.24) is 4.90 Å². The smallest absolute Gasteiger partial charge is 0.255 e. The number of carbonyl (C=O) groups excluding carboxylic acids is 2. The highest BCUT2D eigenvalue weighted by Crippen LogP contribution is 2.17. The molecule has 1 aliphatic rings. The van der Waals surface area contributed by atoms with Crippen LogP contribution in [0.1, 0.15) is 40.0 Å². The lowest BCUT2D eigenvalue weighted by molar-refractivity contribution is 0.0724. The van der Waals surface area contributed by atoms with Gasteiger partial charge in [-0.1, -0.05) is 6.07 Å². The van der Waals surface area contributed by atoms with Crippen molar-refractivity contribution in [2.45, 2.75) is 19.3 Å². The minimum absolute atomic E-state index is 0.0952. The van der Waals surface area contributed by atoms with E-state index in [1.165, 1.54) is 12.1 Å². The standard InChI is InChI=1S/C19H18F2N2O2/c20-16-8-7-15(12-17(16)21)22-18(24)13-5-4-6-14(11-13)19(25)23-9-2-1-3-10-23/h4-8,11-12H,1-3,9-10H2,(H,22,24). The maximum absolute atomic E-state index is 13.2. The molecular formula is C19H18F2N2O2. The summed E-state index contributed by atoms with van der Waals surface area (Å²) in [5.74, 6) is -2.60. The SMILES string of the molecule is O=C(Nc1ccc(F)c(F)c1)c1cccc(C(=O)N2CCCCC2)c1. The van der Waals surface area contributed by atoms with Crippen molar-refractivity contribution in [3.8, 4) is 0 Å². The van der Waals surface area contributed by atoms with Crippen LogP contribution in [-0.2, 0) is 0 Å². The Hall–Kier alpha value is -2.76. The van der Waals surface area contributed by atoms with E-state index >= 15 is 0 Å². The molecule has 25 heavy (non-hydrogen) atoms. The van der Waals surface area contributed by atoms with Crippen LogP contribution < -0.4 is 5.32 Å². The van der Waals surface area contributed by atoms with Gasteiger partial charge >= 0.3 is 0 Å². The summed E-state index contributed by atoms with van der Waals surface area (Å²) in [6, 6.07) is 9.53. The number of halogens is 2. The highest BCUT2D eigenvalue weighted by atomic mass is 19.2. The molecule has 130 valence electrons. The molecule has 1 heterocycles.